The normalized spacial score (nSPS) is 19.1. The number of amides is 1. The molecule has 3 aromatic rings. The van der Waals surface area contributed by atoms with E-state index in [-0.39, 0.29) is 29.6 Å². The van der Waals surface area contributed by atoms with Crippen LogP contribution in [0.1, 0.15) is 69.2 Å². The number of benzene rings is 2. The molecule has 3 N–H and O–H groups in total. The van der Waals surface area contributed by atoms with Gasteiger partial charge in [0.15, 0.2) is 0 Å². The molecule has 0 saturated heterocycles. The van der Waals surface area contributed by atoms with Gasteiger partial charge in [-0.15, -0.1) is 11.3 Å². The fraction of sp³-hybridized carbons (Fsp3) is 0.515. The van der Waals surface area contributed by atoms with Gasteiger partial charge >= 0.3 is 0 Å². The molecule has 1 aliphatic heterocycles. The highest BCUT2D eigenvalue weighted by Crippen LogP contribution is 2.49. The summed E-state index contributed by atoms with van der Waals surface area (Å²) < 4.78 is 11.6. The highest BCUT2D eigenvalue weighted by Gasteiger charge is 2.45. The van der Waals surface area contributed by atoms with Crippen molar-refractivity contribution < 1.29 is 19.4 Å². The standard InChI is InChI=1S/C33H43N3O4S/c1-32(2,3)18-23-9-10-29-25(16-23)27(19-33(40-29)11-6-12-33)35-20-28(37)26(36-30(38)21-39-4)17-22-7-5-8-24(15-22)31-34-13-14-41-31/h5,7-10,13-16,26-28,35,37H,6,11-12,17-21H2,1-4H3,(H,36,38)/t26?,27-,28+/m0/s1. The molecule has 3 atom stereocenters. The number of hydrogen-bond acceptors (Lipinski definition) is 7. The summed E-state index contributed by atoms with van der Waals surface area (Å²) in [5, 5.41) is 21.1. The van der Waals surface area contributed by atoms with E-state index in [1.165, 1.54) is 19.1 Å². The van der Waals surface area contributed by atoms with E-state index in [0.29, 0.717) is 13.0 Å². The Balaban J connectivity index is 1.33. The van der Waals surface area contributed by atoms with Gasteiger partial charge < -0.3 is 25.2 Å². The Kier molecular flexibility index (Phi) is 9.14. The third kappa shape index (κ3) is 7.55. The van der Waals surface area contributed by atoms with Crippen molar-refractivity contribution >= 4 is 17.2 Å². The average Bonchev–Trinajstić information content (AvgIpc) is 3.45. The second-order valence-corrected chi connectivity index (χ2v) is 13.7. The lowest BCUT2D eigenvalue weighted by Gasteiger charge is -2.48. The highest BCUT2D eigenvalue weighted by molar-refractivity contribution is 7.13. The molecular formula is C33H43N3O4S. The van der Waals surface area contributed by atoms with E-state index in [9.17, 15) is 9.90 Å². The summed E-state index contributed by atoms with van der Waals surface area (Å²) in [4.78, 5) is 17.0. The van der Waals surface area contributed by atoms with Gasteiger partial charge in [-0.3, -0.25) is 4.79 Å². The number of rotatable bonds is 11. The molecule has 5 rings (SSSR count). The average molecular weight is 578 g/mol. The van der Waals surface area contributed by atoms with Gasteiger partial charge in [0, 0.05) is 48.8 Å². The molecule has 1 unspecified atom stereocenters. The summed E-state index contributed by atoms with van der Waals surface area (Å²) >= 11 is 1.59. The number of nitrogens with zero attached hydrogens (tertiary/aromatic N) is 1. The summed E-state index contributed by atoms with van der Waals surface area (Å²) in [5.41, 5.74) is 4.57. The van der Waals surface area contributed by atoms with Gasteiger partial charge in [0.25, 0.3) is 0 Å². The van der Waals surface area contributed by atoms with Crippen molar-refractivity contribution in [3.8, 4) is 16.3 Å². The number of methoxy groups -OCH3 is 1. The van der Waals surface area contributed by atoms with Crippen LogP contribution in [-0.2, 0) is 22.4 Å². The van der Waals surface area contributed by atoms with Crippen LogP contribution in [0.4, 0.5) is 0 Å². The Morgan fingerprint density at radius 2 is 2.05 bits per heavy atom. The quantitative estimate of drug-likeness (QED) is 0.280. The van der Waals surface area contributed by atoms with Crippen molar-refractivity contribution in [1.82, 2.24) is 15.6 Å². The molecule has 2 heterocycles. The van der Waals surface area contributed by atoms with E-state index in [1.807, 2.05) is 23.6 Å². The number of nitrogens with one attached hydrogen (secondary N) is 2. The molecule has 220 valence electrons. The summed E-state index contributed by atoms with van der Waals surface area (Å²) in [6, 6.07) is 14.3. The molecule has 41 heavy (non-hydrogen) atoms. The topological polar surface area (TPSA) is 92.7 Å². The Morgan fingerprint density at radius 3 is 2.73 bits per heavy atom. The molecule has 1 aliphatic carbocycles. The Bertz CT molecular complexity index is 1320. The largest absolute Gasteiger partial charge is 0.487 e. The minimum absolute atomic E-state index is 0.0534. The fourth-order valence-electron chi connectivity index (χ4n) is 6.02. The summed E-state index contributed by atoms with van der Waals surface area (Å²) in [5.74, 6) is 0.703. The van der Waals surface area contributed by atoms with Crippen LogP contribution in [0.3, 0.4) is 0 Å². The van der Waals surface area contributed by atoms with Gasteiger partial charge in [-0.05, 0) is 60.8 Å². The van der Waals surface area contributed by atoms with Gasteiger partial charge in [-0.25, -0.2) is 4.98 Å². The van der Waals surface area contributed by atoms with Crippen molar-refractivity contribution in [3.05, 3.63) is 70.7 Å². The van der Waals surface area contributed by atoms with Crippen LogP contribution in [0, 0.1) is 5.41 Å². The molecule has 7 nitrogen and oxygen atoms in total. The van der Waals surface area contributed by atoms with Crippen molar-refractivity contribution in [1.29, 1.82) is 0 Å². The lowest BCUT2D eigenvalue weighted by molar-refractivity contribution is -0.126. The predicted octanol–water partition coefficient (Wildman–Crippen LogP) is 5.47. The smallest absolute Gasteiger partial charge is 0.246 e. The zero-order valence-electron chi connectivity index (χ0n) is 24.6. The molecule has 1 fully saturated rings. The Morgan fingerprint density at radius 1 is 1.22 bits per heavy atom. The van der Waals surface area contributed by atoms with Crippen LogP contribution in [0.5, 0.6) is 5.75 Å². The molecule has 1 amide bonds. The number of hydrogen-bond donors (Lipinski definition) is 3. The van der Waals surface area contributed by atoms with Crippen molar-refractivity contribution in [2.24, 2.45) is 5.41 Å². The highest BCUT2D eigenvalue weighted by atomic mass is 32.1. The van der Waals surface area contributed by atoms with Gasteiger partial charge in [-0.2, -0.15) is 0 Å². The van der Waals surface area contributed by atoms with Crippen LogP contribution in [0.15, 0.2) is 54.0 Å². The van der Waals surface area contributed by atoms with Crippen LogP contribution < -0.4 is 15.4 Å². The minimum Gasteiger partial charge on any atom is -0.487 e. The number of aliphatic hydroxyl groups is 1. The van der Waals surface area contributed by atoms with Crippen LogP contribution in [0.2, 0.25) is 0 Å². The maximum atomic E-state index is 12.6. The van der Waals surface area contributed by atoms with Gasteiger partial charge in [0.2, 0.25) is 5.91 Å². The second-order valence-electron chi connectivity index (χ2n) is 12.8. The number of aromatic nitrogens is 1. The summed E-state index contributed by atoms with van der Waals surface area (Å²) in [6.45, 7) is 7.05. The Hall–Kier alpha value is -2.78. The lowest BCUT2D eigenvalue weighted by Crippen LogP contribution is -2.52. The van der Waals surface area contributed by atoms with E-state index in [0.717, 1.165) is 53.1 Å². The minimum atomic E-state index is -0.805. The van der Waals surface area contributed by atoms with Gasteiger partial charge in [0.1, 0.15) is 23.0 Å². The zero-order valence-corrected chi connectivity index (χ0v) is 25.4. The van der Waals surface area contributed by atoms with Crippen LogP contribution in [0.25, 0.3) is 10.6 Å². The number of aliphatic hydroxyl groups excluding tert-OH is 1. The van der Waals surface area contributed by atoms with Crippen molar-refractivity contribution in [2.75, 3.05) is 20.3 Å². The summed E-state index contributed by atoms with van der Waals surface area (Å²) in [6.07, 6.45) is 6.63. The van der Waals surface area contributed by atoms with Gasteiger partial charge in [-0.1, -0.05) is 51.1 Å². The molecule has 2 aliphatic rings. The first-order chi connectivity index (χ1) is 19.6. The van der Waals surface area contributed by atoms with Crippen molar-refractivity contribution in [2.45, 2.75) is 83.1 Å². The fourth-order valence-corrected chi connectivity index (χ4v) is 6.66. The first-order valence-electron chi connectivity index (χ1n) is 14.6. The lowest BCUT2D eigenvalue weighted by atomic mass is 9.72. The molecule has 1 spiro atoms. The number of carbonyl (C=O) groups excluding carboxylic acids is 1. The molecule has 1 saturated carbocycles. The molecule has 8 heteroatoms. The first kappa shape index (κ1) is 29.7. The number of ether oxygens (including phenoxy) is 2. The molecule has 0 bridgehead atoms. The molecular weight excluding hydrogens is 534 g/mol. The van der Waals surface area contributed by atoms with Crippen LogP contribution in [-0.4, -0.2) is 54.0 Å². The van der Waals surface area contributed by atoms with Crippen molar-refractivity contribution in [3.63, 3.8) is 0 Å². The van der Waals surface area contributed by atoms with Crippen LogP contribution >= 0.6 is 11.3 Å². The van der Waals surface area contributed by atoms with Gasteiger partial charge in [0.05, 0.1) is 12.1 Å². The van der Waals surface area contributed by atoms with E-state index in [2.05, 4.69) is 60.7 Å². The summed E-state index contributed by atoms with van der Waals surface area (Å²) in [7, 11) is 1.50. The third-order valence-electron chi connectivity index (χ3n) is 8.07. The Labute approximate surface area is 247 Å². The number of thiazole rings is 1. The number of fused-ring (bicyclic) bond motifs is 1. The molecule has 0 radical (unpaired) electrons. The van der Waals surface area contributed by atoms with E-state index in [4.69, 9.17) is 9.47 Å². The number of carbonyl (C=O) groups is 1. The second kappa shape index (κ2) is 12.6. The van der Waals surface area contributed by atoms with E-state index < -0.39 is 12.1 Å². The predicted molar refractivity (Wildman–Crippen MR) is 163 cm³/mol. The third-order valence-corrected chi connectivity index (χ3v) is 8.90. The zero-order chi connectivity index (χ0) is 29.0. The molecule has 1 aromatic heterocycles. The molecule has 2 aromatic carbocycles. The SMILES string of the molecule is COCC(=O)NC(Cc1cccc(-c2nccs2)c1)[C@H](O)CN[C@H]1CC2(CCC2)Oc2ccc(CC(C)(C)C)cc21. The van der Waals surface area contributed by atoms with E-state index in [1.54, 1.807) is 17.5 Å². The monoisotopic (exact) mass is 577 g/mol. The first-order valence-corrected chi connectivity index (χ1v) is 15.5. The maximum Gasteiger partial charge on any atom is 0.246 e. The maximum absolute atomic E-state index is 12.6. The van der Waals surface area contributed by atoms with E-state index >= 15 is 0 Å².